The van der Waals surface area contributed by atoms with E-state index in [1.165, 1.54) is 15.9 Å². The third-order valence-electron chi connectivity index (χ3n) is 9.85. The summed E-state index contributed by atoms with van der Waals surface area (Å²) in [6, 6.07) is 0. The molecule has 0 aromatic rings. The molecular formula is C35H55F3N2O9. The number of cyclic esters (lactones) is 1. The van der Waals surface area contributed by atoms with E-state index in [0.29, 0.717) is 24.0 Å². The lowest BCUT2D eigenvalue weighted by Crippen LogP contribution is -2.51. The van der Waals surface area contributed by atoms with Gasteiger partial charge in [0.05, 0.1) is 49.1 Å². The van der Waals surface area contributed by atoms with Crippen LogP contribution >= 0.6 is 0 Å². The van der Waals surface area contributed by atoms with Gasteiger partial charge in [0.15, 0.2) is 0 Å². The number of halogens is 3. The Labute approximate surface area is 287 Å². The van der Waals surface area contributed by atoms with E-state index in [-0.39, 0.29) is 63.6 Å². The third-order valence-corrected chi connectivity index (χ3v) is 9.85. The van der Waals surface area contributed by atoms with Crippen molar-refractivity contribution in [2.45, 2.75) is 128 Å². The molecule has 0 aromatic heterocycles. The Morgan fingerprint density at radius 1 is 1.12 bits per heavy atom. The van der Waals surface area contributed by atoms with E-state index < -0.39 is 66.8 Å². The zero-order chi connectivity index (χ0) is 36.7. The summed E-state index contributed by atoms with van der Waals surface area (Å²) in [5.74, 6) is -1.15. The van der Waals surface area contributed by atoms with E-state index in [9.17, 15) is 43.2 Å². The molecule has 0 aliphatic carbocycles. The van der Waals surface area contributed by atoms with Crippen LogP contribution < -0.4 is 0 Å². The molecule has 10 atom stereocenters. The molecule has 1 amide bonds. The molecule has 0 bridgehead atoms. The van der Waals surface area contributed by atoms with Gasteiger partial charge in [-0.15, -0.1) is 0 Å². The van der Waals surface area contributed by atoms with Crippen molar-refractivity contribution in [2.75, 3.05) is 32.7 Å². The van der Waals surface area contributed by atoms with Crippen LogP contribution in [0.2, 0.25) is 0 Å². The first kappa shape index (κ1) is 40.9. The Kier molecular flexibility index (Phi) is 14.7. The predicted molar refractivity (Wildman–Crippen MR) is 175 cm³/mol. The highest BCUT2D eigenvalue weighted by Gasteiger charge is 2.48. The van der Waals surface area contributed by atoms with Crippen molar-refractivity contribution in [3.63, 3.8) is 0 Å². The number of amides is 1. The molecule has 0 aromatic carbocycles. The minimum atomic E-state index is -4.34. The van der Waals surface area contributed by atoms with Crippen molar-refractivity contribution in [1.29, 1.82) is 0 Å². The number of hydrogen-bond donors (Lipinski definition) is 4. The third kappa shape index (κ3) is 12.7. The molecule has 10 unspecified atom stereocenters. The number of piperazine rings is 1. The molecular weight excluding hydrogens is 649 g/mol. The Hall–Kier alpha value is -2.49. The topological polar surface area (TPSA) is 153 Å². The van der Waals surface area contributed by atoms with E-state index in [1.54, 1.807) is 45.9 Å². The second kappa shape index (κ2) is 17.6. The summed E-state index contributed by atoms with van der Waals surface area (Å²) in [6.45, 7) is 9.93. The standard InChI is InChI=1S/C35H55F3N2O9/c1-7-26(42)24(5)32-29(47-32)19-34(6,46)23(4)10-8-21(2)31-22(3)9-13-28(27(43)12-11-25(41)18-30(44)49-31)48-33(45)40-16-14-39(15-17-40)20-35(36,37)38/h8-10,13,22,24-29,31-32,41-43,46H,7,11-12,14-20H2,1-6H3/b13-9-,21-8+,23-10+. The maximum atomic E-state index is 13.0. The largest absolute Gasteiger partial charge is 0.457 e. The van der Waals surface area contributed by atoms with Crippen LogP contribution in [-0.4, -0.2) is 130 Å². The number of carbonyl (C=O) groups excluding carboxylic acids is 2. The van der Waals surface area contributed by atoms with Crippen molar-refractivity contribution in [3.8, 4) is 0 Å². The molecule has 0 spiro atoms. The Balaban J connectivity index is 1.72. The molecule has 0 saturated carbocycles. The minimum absolute atomic E-state index is 0.0155. The lowest BCUT2D eigenvalue weighted by molar-refractivity contribution is -0.151. The van der Waals surface area contributed by atoms with Crippen LogP contribution in [0.5, 0.6) is 0 Å². The maximum absolute atomic E-state index is 13.0. The SMILES string of the molecule is CCC(O)C(C)C1OC1CC(C)(O)/C(C)=C/C=C(\C)C1OC(=O)CC(O)CCC(O)C(OC(=O)N2CCN(CC(F)(F)F)CC2)/C=C\C1C. The van der Waals surface area contributed by atoms with Gasteiger partial charge in [0.25, 0.3) is 0 Å². The fraction of sp³-hybridized carbons (Fsp3) is 0.771. The minimum Gasteiger partial charge on any atom is -0.457 e. The van der Waals surface area contributed by atoms with Gasteiger partial charge in [0, 0.05) is 44.4 Å². The highest BCUT2D eigenvalue weighted by molar-refractivity contribution is 5.70. The molecule has 49 heavy (non-hydrogen) atoms. The van der Waals surface area contributed by atoms with Crippen LogP contribution in [0.4, 0.5) is 18.0 Å². The number of esters is 1. The molecule has 4 N–H and O–H groups in total. The monoisotopic (exact) mass is 704 g/mol. The number of carbonyl (C=O) groups is 2. The van der Waals surface area contributed by atoms with Gasteiger partial charge in [-0.2, -0.15) is 13.2 Å². The number of epoxide rings is 1. The van der Waals surface area contributed by atoms with Crippen molar-refractivity contribution in [1.82, 2.24) is 9.80 Å². The highest BCUT2D eigenvalue weighted by Crippen LogP contribution is 2.39. The number of allylic oxidation sites excluding steroid dienone is 2. The summed E-state index contributed by atoms with van der Waals surface area (Å²) < 4.78 is 55.5. The molecule has 3 aliphatic heterocycles. The first-order valence-electron chi connectivity index (χ1n) is 17.2. The van der Waals surface area contributed by atoms with Gasteiger partial charge in [-0.05, 0) is 57.3 Å². The van der Waals surface area contributed by atoms with Crippen LogP contribution in [0.15, 0.2) is 35.5 Å². The number of alkyl halides is 3. The van der Waals surface area contributed by atoms with E-state index in [2.05, 4.69) is 0 Å². The van der Waals surface area contributed by atoms with E-state index in [1.807, 2.05) is 13.8 Å². The van der Waals surface area contributed by atoms with Crippen LogP contribution in [0.25, 0.3) is 0 Å². The molecule has 3 rings (SSSR count). The normalized spacial score (nSPS) is 33.0. The molecule has 2 saturated heterocycles. The zero-order valence-corrected chi connectivity index (χ0v) is 29.4. The number of nitrogens with zero attached hydrogens (tertiary/aromatic N) is 2. The smallest absolute Gasteiger partial charge is 0.410 e. The zero-order valence-electron chi connectivity index (χ0n) is 29.4. The second-order valence-electron chi connectivity index (χ2n) is 14.1. The van der Waals surface area contributed by atoms with Gasteiger partial charge in [-0.25, -0.2) is 4.79 Å². The lowest BCUT2D eigenvalue weighted by atomic mass is 9.87. The molecule has 0 radical (unpaired) electrons. The molecule has 3 aliphatic rings. The Morgan fingerprint density at radius 3 is 2.39 bits per heavy atom. The fourth-order valence-electron chi connectivity index (χ4n) is 6.25. The predicted octanol–water partition coefficient (Wildman–Crippen LogP) is 3.89. The summed E-state index contributed by atoms with van der Waals surface area (Å²) in [7, 11) is 0. The summed E-state index contributed by atoms with van der Waals surface area (Å²) >= 11 is 0. The number of ether oxygens (including phenoxy) is 3. The van der Waals surface area contributed by atoms with Crippen molar-refractivity contribution < 1.29 is 57.4 Å². The van der Waals surface area contributed by atoms with Crippen LogP contribution in [0, 0.1) is 11.8 Å². The van der Waals surface area contributed by atoms with Crippen LogP contribution in [-0.2, 0) is 19.0 Å². The maximum Gasteiger partial charge on any atom is 0.410 e. The molecule has 11 nitrogen and oxygen atoms in total. The Bertz CT molecular complexity index is 1200. The van der Waals surface area contributed by atoms with Gasteiger partial charge in [-0.3, -0.25) is 9.69 Å². The van der Waals surface area contributed by atoms with Crippen molar-refractivity contribution >= 4 is 12.1 Å². The Morgan fingerprint density at radius 2 is 1.78 bits per heavy atom. The summed E-state index contributed by atoms with van der Waals surface area (Å²) in [5.41, 5.74) is 0.0832. The summed E-state index contributed by atoms with van der Waals surface area (Å²) in [5, 5.41) is 42.8. The quantitative estimate of drug-likeness (QED) is 0.114. The number of aliphatic hydroxyl groups is 4. The van der Waals surface area contributed by atoms with Crippen molar-refractivity contribution in [3.05, 3.63) is 35.5 Å². The second-order valence-corrected chi connectivity index (χ2v) is 14.1. The van der Waals surface area contributed by atoms with E-state index in [0.717, 1.165) is 0 Å². The molecule has 2 fully saturated rings. The van der Waals surface area contributed by atoms with Gasteiger partial charge in [0.2, 0.25) is 0 Å². The number of hydrogen-bond acceptors (Lipinski definition) is 10. The van der Waals surface area contributed by atoms with Crippen molar-refractivity contribution in [2.24, 2.45) is 11.8 Å². The van der Waals surface area contributed by atoms with Gasteiger partial charge in [0.1, 0.15) is 12.2 Å². The fourth-order valence-corrected chi connectivity index (χ4v) is 6.25. The van der Waals surface area contributed by atoms with Gasteiger partial charge in [-0.1, -0.05) is 39.0 Å². The molecule has 3 heterocycles. The average Bonchev–Trinajstić information content (AvgIpc) is 3.79. The lowest BCUT2D eigenvalue weighted by Gasteiger charge is -2.35. The number of rotatable bonds is 10. The van der Waals surface area contributed by atoms with Gasteiger partial charge < -0.3 is 39.5 Å². The summed E-state index contributed by atoms with van der Waals surface area (Å²) in [4.78, 5) is 28.3. The van der Waals surface area contributed by atoms with Gasteiger partial charge >= 0.3 is 18.2 Å². The molecule has 280 valence electrons. The van der Waals surface area contributed by atoms with Crippen LogP contribution in [0.1, 0.15) is 73.6 Å². The van der Waals surface area contributed by atoms with E-state index in [4.69, 9.17) is 14.2 Å². The highest BCUT2D eigenvalue weighted by atomic mass is 19.4. The van der Waals surface area contributed by atoms with Crippen LogP contribution in [0.3, 0.4) is 0 Å². The summed E-state index contributed by atoms with van der Waals surface area (Å²) in [6.07, 6.45) is -2.79. The number of aliphatic hydroxyl groups excluding tert-OH is 3. The first-order chi connectivity index (χ1) is 22.8. The molecule has 14 heteroatoms. The average molecular weight is 705 g/mol. The first-order valence-corrected chi connectivity index (χ1v) is 17.2. The van der Waals surface area contributed by atoms with E-state index >= 15 is 0 Å².